The topological polar surface area (TPSA) is 74.1 Å². The molecule has 5 nitrogen and oxygen atoms in total. The molecule has 1 aromatic carbocycles. The van der Waals surface area contributed by atoms with Crippen molar-refractivity contribution in [2.24, 2.45) is 0 Å². The van der Waals surface area contributed by atoms with Crippen LogP contribution in [0.2, 0.25) is 0 Å². The summed E-state index contributed by atoms with van der Waals surface area (Å²) < 4.78 is 7.18. The number of nitrogen functional groups attached to an aromatic ring is 1. The van der Waals surface area contributed by atoms with E-state index in [0.29, 0.717) is 16.7 Å². The number of Topliss-reactive ketones (excluding diaryl/α,β-unsaturated/α-hetero) is 1. The Morgan fingerprint density at radius 3 is 2.63 bits per heavy atom. The number of benzene rings is 1. The van der Waals surface area contributed by atoms with Crippen molar-refractivity contribution in [3.05, 3.63) is 41.6 Å². The van der Waals surface area contributed by atoms with E-state index in [2.05, 4.69) is 5.10 Å². The van der Waals surface area contributed by atoms with E-state index in [9.17, 15) is 4.79 Å². The smallest absolute Gasteiger partial charge is 0.233 e. The Kier molecular flexibility index (Phi) is 2.41. The number of para-hydroxylation sites is 1. The van der Waals surface area contributed by atoms with Crippen LogP contribution in [0.5, 0.6) is 0 Å². The zero-order valence-corrected chi connectivity index (χ0v) is 10.7. The van der Waals surface area contributed by atoms with Gasteiger partial charge in [-0.25, -0.2) is 0 Å². The van der Waals surface area contributed by atoms with Gasteiger partial charge >= 0.3 is 0 Å². The molecule has 0 saturated heterocycles. The molecule has 0 saturated carbocycles. The first-order valence-electron chi connectivity index (χ1n) is 5.93. The zero-order chi connectivity index (χ0) is 13.6. The number of carbonyl (C=O) groups excluding carboxylic acids is 1. The summed E-state index contributed by atoms with van der Waals surface area (Å²) in [6.45, 7) is 3.31. The van der Waals surface area contributed by atoms with Gasteiger partial charge in [-0.3, -0.25) is 4.79 Å². The molecule has 0 fully saturated rings. The molecule has 0 aliphatic heterocycles. The maximum atomic E-state index is 11.7. The van der Waals surface area contributed by atoms with Gasteiger partial charge in [0.25, 0.3) is 0 Å². The largest absolute Gasteiger partial charge is 0.422 e. The molecular formula is C14H13N3O2. The number of carbonyl (C=O) groups is 1. The minimum Gasteiger partial charge on any atom is -0.422 e. The predicted molar refractivity (Wildman–Crippen MR) is 72.5 cm³/mol. The van der Waals surface area contributed by atoms with Gasteiger partial charge in [0, 0.05) is 0 Å². The van der Waals surface area contributed by atoms with E-state index in [1.54, 1.807) is 4.68 Å². The molecule has 2 N–H and O–H groups in total. The standard InChI is InChI=1S/C14H13N3O2/c1-8-11-12(9(2)18)13(15)19-14(11)17(16-8)10-6-4-3-5-7-10/h3-7H,15H2,1-2H3. The van der Waals surface area contributed by atoms with Gasteiger partial charge < -0.3 is 10.2 Å². The fourth-order valence-electron chi connectivity index (χ4n) is 2.26. The summed E-state index contributed by atoms with van der Waals surface area (Å²) in [5, 5.41) is 5.11. The second-order valence-electron chi connectivity index (χ2n) is 4.41. The van der Waals surface area contributed by atoms with E-state index < -0.39 is 0 Å². The highest BCUT2D eigenvalue weighted by Gasteiger charge is 2.23. The second-order valence-corrected chi connectivity index (χ2v) is 4.41. The van der Waals surface area contributed by atoms with Crippen LogP contribution >= 0.6 is 0 Å². The number of aromatic nitrogens is 2. The molecular weight excluding hydrogens is 242 g/mol. The van der Waals surface area contributed by atoms with Crippen LogP contribution in [-0.4, -0.2) is 15.6 Å². The molecule has 0 radical (unpaired) electrons. The molecule has 3 aromatic rings. The summed E-state index contributed by atoms with van der Waals surface area (Å²) in [5.41, 5.74) is 8.30. The van der Waals surface area contributed by atoms with Crippen molar-refractivity contribution < 1.29 is 9.21 Å². The molecule has 96 valence electrons. The van der Waals surface area contributed by atoms with E-state index >= 15 is 0 Å². The number of ketones is 1. The summed E-state index contributed by atoms with van der Waals surface area (Å²) >= 11 is 0. The minimum absolute atomic E-state index is 0.119. The highest BCUT2D eigenvalue weighted by Crippen LogP contribution is 2.32. The van der Waals surface area contributed by atoms with Gasteiger partial charge in [0.15, 0.2) is 5.78 Å². The number of fused-ring (bicyclic) bond motifs is 1. The monoisotopic (exact) mass is 255 g/mol. The minimum atomic E-state index is -0.119. The number of anilines is 1. The number of hydrogen-bond acceptors (Lipinski definition) is 4. The van der Waals surface area contributed by atoms with Crippen molar-refractivity contribution in [1.29, 1.82) is 0 Å². The lowest BCUT2D eigenvalue weighted by Gasteiger charge is -1.99. The van der Waals surface area contributed by atoms with Crippen LogP contribution in [-0.2, 0) is 0 Å². The third-order valence-electron chi connectivity index (χ3n) is 3.07. The average Bonchev–Trinajstić information content (AvgIpc) is 2.87. The summed E-state index contributed by atoms with van der Waals surface area (Å²) in [6.07, 6.45) is 0. The van der Waals surface area contributed by atoms with E-state index in [1.165, 1.54) is 6.92 Å². The first-order chi connectivity index (χ1) is 9.09. The Balaban J connectivity index is 2.36. The molecule has 5 heteroatoms. The molecule has 0 amide bonds. The number of aryl methyl sites for hydroxylation is 1. The van der Waals surface area contributed by atoms with Crippen LogP contribution in [0, 0.1) is 6.92 Å². The van der Waals surface area contributed by atoms with E-state index in [1.807, 2.05) is 37.3 Å². The lowest BCUT2D eigenvalue weighted by atomic mass is 10.1. The van der Waals surface area contributed by atoms with Gasteiger partial charge in [0.2, 0.25) is 11.6 Å². The summed E-state index contributed by atoms with van der Waals surface area (Å²) in [4.78, 5) is 11.7. The molecule has 0 aliphatic rings. The maximum Gasteiger partial charge on any atom is 0.233 e. The highest BCUT2D eigenvalue weighted by atomic mass is 16.4. The Bertz CT molecular complexity index is 769. The van der Waals surface area contributed by atoms with Crippen LogP contribution in [0.25, 0.3) is 16.8 Å². The maximum absolute atomic E-state index is 11.7. The van der Waals surface area contributed by atoms with Crippen molar-refractivity contribution in [3.8, 4) is 5.69 Å². The van der Waals surface area contributed by atoms with E-state index in [4.69, 9.17) is 10.2 Å². The molecule has 3 rings (SSSR count). The SMILES string of the molecule is CC(=O)c1c(N)oc2c1c(C)nn2-c1ccccc1. The van der Waals surface area contributed by atoms with E-state index in [0.717, 1.165) is 11.4 Å². The first-order valence-corrected chi connectivity index (χ1v) is 5.93. The number of rotatable bonds is 2. The van der Waals surface area contributed by atoms with Crippen molar-refractivity contribution in [1.82, 2.24) is 9.78 Å². The fraction of sp³-hybridized carbons (Fsp3) is 0.143. The van der Waals surface area contributed by atoms with Crippen LogP contribution in [0.3, 0.4) is 0 Å². The van der Waals surface area contributed by atoms with Gasteiger partial charge in [-0.2, -0.15) is 9.78 Å². The first kappa shape index (κ1) is 11.5. The van der Waals surface area contributed by atoms with Gasteiger partial charge in [0.1, 0.15) is 0 Å². The Hall–Kier alpha value is -2.56. The molecule has 19 heavy (non-hydrogen) atoms. The quantitative estimate of drug-likeness (QED) is 0.714. The van der Waals surface area contributed by atoms with Crippen molar-refractivity contribution >= 4 is 22.8 Å². The normalized spacial score (nSPS) is 11.1. The van der Waals surface area contributed by atoms with Crippen molar-refractivity contribution in [2.75, 3.05) is 5.73 Å². The fourth-order valence-corrected chi connectivity index (χ4v) is 2.26. The van der Waals surface area contributed by atoms with Gasteiger partial charge in [-0.15, -0.1) is 0 Å². The number of furan rings is 1. The highest BCUT2D eigenvalue weighted by molar-refractivity contribution is 6.10. The molecule has 2 aromatic heterocycles. The third kappa shape index (κ3) is 1.62. The number of hydrogen-bond donors (Lipinski definition) is 1. The van der Waals surface area contributed by atoms with Crippen LogP contribution in [0.4, 0.5) is 5.88 Å². The van der Waals surface area contributed by atoms with Gasteiger partial charge in [-0.05, 0) is 26.0 Å². The Labute approximate surface area is 109 Å². The van der Waals surface area contributed by atoms with Crippen LogP contribution in [0.15, 0.2) is 34.7 Å². The van der Waals surface area contributed by atoms with Crippen molar-refractivity contribution in [2.45, 2.75) is 13.8 Å². The van der Waals surface area contributed by atoms with Crippen LogP contribution in [0.1, 0.15) is 23.0 Å². The third-order valence-corrected chi connectivity index (χ3v) is 3.07. The van der Waals surface area contributed by atoms with Crippen molar-refractivity contribution in [3.63, 3.8) is 0 Å². The summed E-state index contributed by atoms with van der Waals surface area (Å²) in [6, 6.07) is 9.58. The average molecular weight is 255 g/mol. The second kappa shape index (κ2) is 3.98. The van der Waals surface area contributed by atoms with Crippen LogP contribution < -0.4 is 5.73 Å². The molecule has 0 aliphatic carbocycles. The summed E-state index contributed by atoms with van der Waals surface area (Å²) in [7, 11) is 0. The zero-order valence-electron chi connectivity index (χ0n) is 10.7. The summed E-state index contributed by atoms with van der Waals surface area (Å²) in [5.74, 6) is 0.0274. The van der Waals surface area contributed by atoms with E-state index in [-0.39, 0.29) is 11.7 Å². The lowest BCUT2D eigenvalue weighted by Crippen LogP contribution is -1.97. The molecule has 0 atom stereocenters. The molecule has 0 spiro atoms. The lowest BCUT2D eigenvalue weighted by molar-refractivity contribution is 0.101. The Morgan fingerprint density at radius 1 is 1.32 bits per heavy atom. The predicted octanol–water partition coefficient (Wildman–Crippen LogP) is 2.71. The number of nitrogens with two attached hydrogens (primary N) is 1. The molecule has 0 unspecified atom stereocenters. The van der Waals surface area contributed by atoms with Gasteiger partial charge in [-0.1, -0.05) is 18.2 Å². The molecule has 2 heterocycles. The molecule has 0 bridgehead atoms. The van der Waals surface area contributed by atoms with Gasteiger partial charge in [0.05, 0.1) is 22.3 Å². The Morgan fingerprint density at radius 2 is 2.00 bits per heavy atom. The number of nitrogens with zero attached hydrogens (tertiary/aromatic N) is 2.